The van der Waals surface area contributed by atoms with E-state index in [0.717, 1.165) is 6.07 Å². The maximum Gasteiger partial charge on any atom is 0.407 e. The van der Waals surface area contributed by atoms with E-state index in [9.17, 15) is 14.0 Å². The van der Waals surface area contributed by atoms with Crippen molar-refractivity contribution in [3.05, 3.63) is 35.1 Å². The van der Waals surface area contributed by atoms with Gasteiger partial charge in [0.15, 0.2) is 0 Å². The van der Waals surface area contributed by atoms with Crippen molar-refractivity contribution in [1.82, 2.24) is 5.32 Å². The van der Waals surface area contributed by atoms with Crippen molar-refractivity contribution in [2.75, 3.05) is 6.54 Å². The molecule has 0 aromatic heterocycles. The van der Waals surface area contributed by atoms with Crippen molar-refractivity contribution < 1.29 is 23.8 Å². The van der Waals surface area contributed by atoms with E-state index in [2.05, 4.69) is 17.2 Å². The first-order valence-electron chi connectivity index (χ1n) is 6.68. The van der Waals surface area contributed by atoms with E-state index >= 15 is 0 Å². The molecule has 2 N–H and O–H groups in total. The number of carbonyl (C=O) groups excluding carboxylic acids is 1. The third kappa shape index (κ3) is 5.83. The first-order valence-corrected chi connectivity index (χ1v) is 6.68. The van der Waals surface area contributed by atoms with Crippen LogP contribution >= 0.6 is 0 Å². The van der Waals surface area contributed by atoms with Crippen LogP contribution < -0.4 is 5.32 Å². The summed E-state index contributed by atoms with van der Waals surface area (Å²) < 4.78 is 18.6. The zero-order valence-corrected chi connectivity index (χ0v) is 12.7. The highest BCUT2D eigenvalue weighted by Gasteiger charge is 2.15. The van der Waals surface area contributed by atoms with Crippen LogP contribution in [0.25, 0.3) is 0 Å². The molecule has 0 heterocycles. The fraction of sp³-hybridized carbons (Fsp3) is 0.375. The van der Waals surface area contributed by atoms with E-state index in [1.54, 1.807) is 20.8 Å². The Hall–Kier alpha value is -2.55. The Balaban J connectivity index is 2.59. The number of amides is 1. The molecule has 1 amide bonds. The molecule has 1 aromatic rings. The van der Waals surface area contributed by atoms with Crippen LogP contribution in [-0.4, -0.2) is 29.3 Å². The van der Waals surface area contributed by atoms with Crippen LogP contribution in [0.1, 0.15) is 43.1 Å². The molecule has 6 heteroatoms. The predicted molar refractivity (Wildman–Crippen MR) is 79.1 cm³/mol. The van der Waals surface area contributed by atoms with E-state index in [1.807, 2.05) is 0 Å². The van der Waals surface area contributed by atoms with Gasteiger partial charge in [-0.25, -0.2) is 14.0 Å². The maximum atomic E-state index is 13.6. The number of carboxylic acids is 1. The summed E-state index contributed by atoms with van der Waals surface area (Å²) in [6.07, 6.45) is -0.321. The molecule has 5 nitrogen and oxygen atoms in total. The summed E-state index contributed by atoms with van der Waals surface area (Å²) in [7, 11) is 0. The summed E-state index contributed by atoms with van der Waals surface area (Å²) >= 11 is 0. The van der Waals surface area contributed by atoms with Gasteiger partial charge in [0.05, 0.1) is 11.1 Å². The number of aromatic carboxylic acids is 1. The van der Waals surface area contributed by atoms with Crippen LogP contribution in [0, 0.1) is 17.7 Å². The molecular weight excluding hydrogens is 289 g/mol. The Morgan fingerprint density at radius 2 is 2.05 bits per heavy atom. The minimum Gasteiger partial charge on any atom is -0.478 e. The van der Waals surface area contributed by atoms with E-state index in [4.69, 9.17) is 9.84 Å². The molecule has 0 atom stereocenters. The highest BCUT2D eigenvalue weighted by molar-refractivity contribution is 5.90. The molecule has 0 aliphatic heterocycles. The van der Waals surface area contributed by atoms with Crippen LogP contribution in [0.3, 0.4) is 0 Å². The number of hydrogen-bond acceptors (Lipinski definition) is 3. The average molecular weight is 307 g/mol. The number of ether oxygens (including phenoxy) is 1. The lowest BCUT2D eigenvalue weighted by atomic mass is 10.1. The molecule has 0 aliphatic rings. The molecular formula is C16H18FNO4. The van der Waals surface area contributed by atoms with Gasteiger partial charge < -0.3 is 15.2 Å². The molecule has 0 saturated heterocycles. The SMILES string of the molecule is CC(C)(C)OC(=O)NCCC#Cc1c(F)cccc1C(=O)O. The van der Waals surface area contributed by atoms with Gasteiger partial charge in [-0.15, -0.1) is 0 Å². The van der Waals surface area contributed by atoms with E-state index in [1.165, 1.54) is 12.1 Å². The number of rotatable bonds is 3. The minimum absolute atomic E-state index is 0.160. The van der Waals surface area contributed by atoms with E-state index in [0.29, 0.717) is 0 Å². The maximum absolute atomic E-state index is 13.6. The van der Waals surface area contributed by atoms with Gasteiger partial charge in [0.1, 0.15) is 11.4 Å². The topological polar surface area (TPSA) is 75.6 Å². The van der Waals surface area contributed by atoms with Crippen molar-refractivity contribution in [2.24, 2.45) is 0 Å². The lowest BCUT2D eigenvalue weighted by Gasteiger charge is -2.19. The molecule has 1 rings (SSSR count). The zero-order valence-electron chi connectivity index (χ0n) is 12.7. The molecule has 0 saturated carbocycles. The second-order valence-corrected chi connectivity index (χ2v) is 5.45. The van der Waals surface area contributed by atoms with Gasteiger partial charge in [-0.3, -0.25) is 0 Å². The highest BCUT2D eigenvalue weighted by atomic mass is 19.1. The first-order chi connectivity index (χ1) is 10.2. The smallest absolute Gasteiger partial charge is 0.407 e. The summed E-state index contributed by atoms with van der Waals surface area (Å²) in [5.41, 5.74) is -0.931. The number of hydrogen-bond donors (Lipinski definition) is 2. The van der Waals surface area contributed by atoms with Gasteiger partial charge in [0.25, 0.3) is 0 Å². The molecule has 118 valence electrons. The fourth-order valence-corrected chi connectivity index (χ4v) is 1.52. The molecule has 0 bridgehead atoms. The van der Waals surface area contributed by atoms with Crippen molar-refractivity contribution in [1.29, 1.82) is 0 Å². The Labute approximate surface area is 128 Å². The van der Waals surface area contributed by atoms with Crippen molar-refractivity contribution in [3.63, 3.8) is 0 Å². The Bertz CT molecular complexity index is 623. The monoisotopic (exact) mass is 307 g/mol. The molecule has 1 aromatic carbocycles. The third-order valence-electron chi connectivity index (χ3n) is 2.38. The van der Waals surface area contributed by atoms with Gasteiger partial charge in [-0.2, -0.15) is 0 Å². The molecule has 22 heavy (non-hydrogen) atoms. The summed E-state index contributed by atoms with van der Waals surface area (Å²) in [4.78, 5) is 22.3. The molecule has 0 aliphatic carbocycles. The average Bonchev–Trinajstić information content (AvgIpc) is 2.37. The lowest BCUT2D eigenvalue weighted by molar-refractivity contribution is 0.0528. The number of halogens is 1. The Kier molecular flexibility index (Phi) is 5.93. The zero-order chi connectivity index (χ0) is 16.8. The second kappa shape index (κ2) is 7.46. The minimum atomic E-state index is -1.24. The lowest BCUT2D eigenvalue weighted by Crippen LogP contribution is -2.32. The summed E-state index contributed by atoms with van der Waals surface area (Å²) in [5.74, 6) is 3.19. The van der Waals surface area contributed by atoms with Crippen LogP contribution in [0.2, 0.25) is 0 Å². The number of nitrogens with one attached hydrogen (secondary N) is 1. The van der Waals surface area contributed by atoms with Crippen LogP contribution in [0.15, 0.2) is 18.2 Å². The normalized spacial score (nSPS) is 10.4. The van der Waals surface area contributed by atoms with E-state index < -0.39 is 23.5 Å². The summed E-state index contributed by atoms with van der Waals surface area (Å²) in [5, 5.41) is 11.5. The van der Waals surface area contributed by atoms with Crippen LogP contribution in [0.4, 0.5) is 9.18 Å². The third-order valence-corrected chi connectivity index (χ3v) is 2.38. The largest absolute Gasteiger partial charge is 0.478 e. The van der Waals surface area contributed by atoms with Crippen LogP contribution in [0.5, 0.6) is 0 Å². The quantitative estimate of drug-likeness (QED) is 0.665. The highest BCUT2D eigenvalue weighted by Crippen LogP contribution is 2.12. The molecule has 0 spiro atoms. The Morgan fingerprint density at radius 3 is 2.64 bits per heavy atom. The summed E-state index contributed by atoms with van der Waals surface area (Å²) in [6.45, 7) is 5.47. The molecule has 0 unspecified atom stereocenters. The number of alkyl carbamates (subject to hydrolysis) is 1. The molecule has 0 radical (unpaired) electrons. The van der Waals surface area contributed by atoms with E-state index in [-0.39, 0.29) is 24.1 Å². The number of carbonyl (C=O) groups is 2. The van der Waals surface area contributed by atoms with Gasteiger partial charge in [0, 0.05) is 13.0 Å². The van der Waals surface area contributed by atoms with Crippen molar-refractivity contribution in [3.8, 4) is 11.8 Å². The van der Waals surface area contributed by atoms with Gasteiger partial charge in [0.2, 0.25) is 0 Å². The molecule has 0 fully saturated rings. The number of carboxylic acid groups (broad SMARTS) is 1. The van der Waals surface area contributed by atoms with Gasteiger partial charge in [-0.05, 0) is 32.9 Å². The van der Waals surface area contributed by atoms with Crippen LogP contribution in [-0.2, 0) is 4.74 Å². The number of benzene rings is 1. The first kappa shape index (κ1) is 17.5. The van der Waals surface area contributed by atoms with Gasteiger partial charge in [-0.1, -0.05) is 17.9 Å². The second-order valence-electron chi connectivity index (χ2n) is 5.45. The summed E-state index contributed by atoms with van der Waals surface area (Å²) in [6, 6.07) is 3.75. The Morgan fingerprint density at radius 1 is 1.36 bits per heavy atom. The van der Waals surface area contributed by atoms with Gasteiger partial charge >= 0.3 is 12.1 Å². The van der Waals surface area contributed by atoms with Crippen molar-refractivity contribution in [2.45, 2.75) is 32.8 Å². The van der Waals surface area contributed by atoms with Crippen molar-refractivity contribution >= 4 is 12.1 Å². The predicted octanol–water partition coefficient (Wildman–Crippen LogP) is 2.79. The standard InChI is InChI=1S/C16H18FNO4/c1-16(2,3)22-15(21)18-10-5-4-7-11-12(14(19)20)8-6-9-13(11)17/h6,8-9H,5,10H2,1-3H3,(H,18,21)(H,19,20). The fourth-order valence-electron chi connectivity index (χ4n) is 1.52.